The molecule has 0 aliphatic heterocycles. The summed E-state index contributed by atoms with van der Waals surface area (Å²) in [4.78, 5) is 4.58. The molecule has 0 N–H and O–H groups in total. The summed E-state index contributed by atoms with van der Waals surface area (Å²) in [5.74, 6) is 0.621. The first-order chi connectivity index (χ1) is 10.1. The maximum absolute atomic E-state index is 13.5. The van der Waals surface area contributed by atoms with Crippen molar-refractivity contribution in [1.82, 2.24) is 9.55 Å². The summed E-state index contributed by atoms with van der Waals surface area (Å²) in [5, 5.41) is 0.523. The van der Waals surface area contributed by atoms with Gasteiger partial charge < -0.3 is 4.57 Å². The highest BCUT2D eigenvalue weighted by Crippen LogP contribution is 2.38. The van der Waals surface area contributed by atoms with Gasteiger partial charge in [0, 0.05) is 17.4 Å². The van der Waals surface area contributed by atoms with Gasteiger partial charge in [-0.3, -0.25) is 0 Å². The van der Waals surface area contributed by atoms with E-state index in [-0.39, 0.29) is 11.2 Å². The number of halogens is 2. The second-order valence-corrected chi connectivity index (χ2v) is 7.56. The van der Waals surface area contributed by atoms with Crippen LogP contribution >= 0.6 is 23.4 Å². The molecule has 114 valence electrons. The summed E-state index contributed by atoms with van der Waals surface area (Å²) < 4.78 is 15.7. The van der Waals surface area contributed by atoms with Crippen LogP contribution in [0.4, 0.5) is 4.39 Å². The van der Waals surface area contributed by atoms with Gasteiger partial charge in [-0.05, 0) is 44.6 Å². The van der Waals surface area contributed by atoms with Gasteiger partial charge in [0.25, 0.3) is 0 Å². The zero-order chi connectivity index (χ0) is 15.0. The zero-order valence-corrected chi connectivity index (χ0v) is 13.9. The average molecular weight is 327 g/mol. The minimum absolute atomic E-state index is 0.171. The fraction of sp³-hybridized carbons (Fsp3) is 0.562. The molecule has 1 saturated carbocycles. The predicted octanol–water partition coefficient (Wildman–Crippen LogP) is 5.32. The lowest BCUT2D eigenvalue weighted by Gasteiger charge is -2.31. The van der Waals surface area contributed by atoms with Crippen LogP contribution in [-0.4, -0.2) is 21.1 Å². The largest absolute Gasteiger partial charge is 0.324 e. The first-order valence-corrected chi connectivity index (χ1v) is 9.17. The molecule has 1 fully saturated rings. The number of rotatable bonds is 3. The smallest absolute Gasteiger partial charge is 0.127 e. The van der Waals surface area contributed by atoms with Crippen molar-refractivity contribution >= 4 is 34.4 Å². The third-order valence-electron chi connectivity index (χ3n) is 4.33. The fourth-order valence-electron chi connectivity index (χ4n) is 3.32. The molecule has 5 heteroatoms. The van der Waals surface area contributed by atoms with Crippen molar-refractivity contribution < 1.29 is 4.39 Å². The van der Waals surface area contributed by atoms with Crippen molar-refractivity contribution in [3.05, 3.63) is 29.8 Å². The number of benzene rings is 1. The Balaban J connectivity index is 2.08. The Bertz CT molecular complexity index is 640. The summed E-state index contributed by atoms with van der Waals surface area (Å²) in [5.41, 5.74) is 1.72. The molecule has 0 bridgehead atoms. The van der Waals surface area contributed by atoms with Crippen molar-refractivity contribution in [2.75, 3.05) is 6.26 Å². The van der Waals surface area contributed by atoms with Gasteiger partial charge >= 0.3 is 0 Å². The van der Waals surface area contributed by atoms with E-state index in [4.69, 9.17) is 11.6 Å². The van der Waals surface area contributed by atoms with Gasteiger partial charge in [0.2, 0.25) is 0 Å². The predicted molar refractivity (Wildman–Crippen MR) is 88.8 cm³/mol. The molecule has 0 radical (unpaired) electrons. The molecule has 1 aromatic heterocycles. The van der Waals surface area contributed by atoms with Crippen molar-refractivity contribution in [3.8, 4) is 0 Å². The molecule has 2 nitrogen and oxygen atoms in total. The highest BCUT2D eigenvalue weighted by molar-refractivity contribution is 7.99. The molecule has 3 atom stereocenters. The first kappa shape index (κ1) is 15.2. The summed E-state index contributed by atoms with van der Waals surface area (Å²) in [6.07, 6.45) is 6.98. The minimum Gasteiger partial charge on any atom is -0.324 e. The van der Waals surface area contributed by atoms with Crippen LogP contribution in [0, 0.1) is 5.82 Å². The van der Waals surface area contributed by atoms with Crippen LogP contribution in [0.3, 0.4) is 0 Å². The van der Waals surface area contributed by atoms with Crippen LogP contribution in [0.25, 0.3) is 11.0 Å². The number of alkyl halides is 1. The summed E-state index contributed by atoms with van der Waals surface area (Å²) in [7, 11) is 0. The van der Waals surface area contributed by atoms with Gasteiger partial charge in [0.15, 0.2) is 0 Å². The van der Waals surface area contributed by atoms with Crippen molar-refractivity contribution in [1.29, 1.82) is 0 Å². The number of hydrogen-bond acceptors (Lipinski definition) is 2. The highest BCUT2D eigenvalue weighted by Gasteiger charge is 2.27. The quantitative estimate of drug-likeness (QED) is 0.710. The van der Waals surface area contributed by atoms with Gasteiger partial charge in [0.05, 0.1) is 16.4 Å². The lowest BCUT2D eigenvalue weighted by molar-refractivity contribution is 0.360. The lowest BCUT2D eigenvalue weighted by Crippen LogP contribution is -2.22. The summed E-state index contributed by atoms with van der Waals surface area (Å²) in [6.45, 7) is 1.94. The number of thioether (sulfide) groups is 1. The van der Waals surface area contributed by atoms with Crippen LogP contribution < -0.4 is 0 Å². The van der Waals surface area contributed by atoms with Gasteiger partial charge in [0.1, 0.15) is 11.6 Å². The van der Waals surface area contributed by atoms with E-state index in [1.807, 2.05) is 24.8 Å². The number of imidazole rings is 1. The molecule has 1 heterocycles. The van der Waals surface area contributed by atoms with Crippen molar-refractivity contribution in [3.63, 3.8) is 0 Å². The van der Waals surface area contributed by atoms with Gasteiger partial charge in [-0.1, -0.05) is 6.42 Å². The van der Waals surface area contributed by atoms with E-state index in [1.54, 1.807) is 0 Å². The Morgan fingerprint density at radius 1 is 1.43 bits per heavy atom. The second-order valence-electron chi connectivity index (χ2n) is 5.77. The van der Waals surface area contributed by atoms with Crippen molar-refractivity contribution in [2.24, 2.45) is 0 Å². The minimum atomic E-state index is -0.244. The van der Waals surface area contributed by atoms with E-state index >= 15 is 0 Å². The molecule has 0 spiro atoms. The molecule has 3 rings (SSSR count). The Hall–Kier alpha value is -0.740. The third-order valence-corrected chi connectivity index (χ3v) is 5.62. The molecule has 1 aromatic carbocycles. The van der Waals surface area contributed by atoms with E-state index in [2.05, 4.69) is 15.8 Å². The average Bonchev–Trinajstić information content (AvgIpc) is 2.86. The van der Waals surface area contributed by atoms with E-state index in [9.17, 15) is 4.39 Å². The molecule has 0 amide bonds. The van der Waals surface area contributed by atoms with E-state index in [1.165, 1.54) is 25.0 Å². The zero-order valence-electron chi connectivity index (χ0n) is 12.4. The topological polar surface area (TPSA) is 17.8 Å². The number of nitrogens with zero attached hydrogens (tertiary/aromatic N) is 2. The van der Waals surface area contributed by atoms with Gasteiger partial charge in [-0.15, -0.1) is 11.6 Å². The Labute approximate surface area is 134 Å². The van der Waals surface area contributed by atoms with Gasteiger partial charge in [-0.2, -0.15) is 11.8 Å². The maximum atomic E-state index is 13.5. The Morgan fingerprint density at radius 2 is 2.24 bits per heavy atom. The highest BCUT2D eigenvalue weighted by atomic mass is 35.5. The van der Waals surface area contributed by atoms with Crippen LogP contribution in [0.2, 0.25) is 0 Å². The molecule has 3 unspecified atom stereocenters. The van der Waals surface area contributed by atoms with E-state index < -0.39 is 0 Å². The first-order valence-electron chi connectivity index (χ1n) is 7.44. The van der Waals surface area contributed by atoms with Crippen LogP contribution in [0.5, 0.6) is 0 Å². The van der Waals surface area contributed by atoms with E-state index in [0.29, 0.717) is 16.8 Å². The third kappa shape index (κ3) is 2.93. The maximum Gasteiger partial charge on any atom is 0.127 e. The van der Waals surface area contributed by atoms with Gasteiger partial charge in [-0.25, -0.2) is 9.37 Å². The summed E-state index contributed by atoms with van der Waals surface area (Å²) in [6, 6.07) is 5.27. The van der Waals surface area contributed by atoms with Crippen LogP contribution in [0.15, 0.2) is 18.2 Å². The Kier molecular flexibility index (Phi) is 4.46. The fourth-order valence-corrected chi connectivity index (χ4v) is 4.29. The molecular weight excluding hydrogens is 307 g/mol. The SMILES string of the molecule is CSC1CCCC(n2c(C(C)Cl)nc3cc(F)ccc32)C1. The molecule has 2 aromatic rings. The normalized spacial score (nSPS) is 24.4. The molecule has 0 saturated heterocycles. The Morgan fingerprint density at radius 3 is 2.95 bits per heavy atom. The standard InChI is InChI=1S/C16H20ClFN2S/c1-10(17)16-19-14-8-11(18)6-7-15(14)20(16)12-4-3-5-13(9-12)21-2/h6-8,10,12-13H,3-5,9H2,1-2H3. The van der Waals surface area contributed by atoms with Crippen LogP contribution in [-0.2, 0) is 0 Å². The van der Waals surface area contributed by atoms with E-state index in [0.717, 1.165) is 24.2 Å². The van der Waals surface area contributed by atoms with Crippen molar-refractivity contribution in [2.45, 2.75) is 49.3 Å². The second kappa shape index (κ2) is 6.17. The number of hydrogen-bond donors (Lipinski definition) is 0. The number of fused-ring (bicyclic) bond motifs is 1. The molecule has 1 aliphatic rings. The molecule has 1 aliphatic carbocycles. The summed E-state index contributed by atoms with van der Waals surface area (Å²) >= 11 is 8.27. The monoisotopic (exact) mass is 326 g/mol. The lowest BCUT2D eigenvalue weighted by atomic mass is 9.94. The molecule has 21 heavy (non-hydrogen) atoms. The molecular formula is C16H20ClFN2S. The van der Waals surface area contributed by atoms with Crippen LogP contribution in [0.1, 0.15) is 49.9 Å². The number of aromatic nitrogens is 2.